The predicted molar refractivity (Wildman–Crippen MR) is 52.8 cm³/mol. The zero-order valence-electron chi connectivity index (χ0n) is 8.38. The van der Waals surface area contributed by atoms with Crippen molar-refractivity contribution in [2.45, 2.75) is 17.6 Å². The fraction of sp³-hybridized carbons (Fsp3) is 0.625. The minimum Gasteiger partial charge on any atom is -0.380 e. The number of hydrogen-bond acceptors (Lipinski definition) is 4. The Labute approximate surface area is 88.3 Å². The lowest BCUT2D eigenvalue weighted by Crippen LogP contribution is -2.30. The number of aromatic amines is 1. The molecule has 6 nitrogen and oxygen atoms in total. The summed E-state index contributed by atoms with van der Waals surface area (Å²) in [6.07, 6.45) is 3.42. The highest BCUT2D eigenvalue weighted by Gasteiger charge is 2.33. The molecule has 0 spiro atoms. The van der Waals surface area contributed by atoms with Crippen LogP contribution >= 0.6 is 0 Å². The largest absolute Gasteiger partial charge is 0.380 e. The van der Waals surface area contributed by atoms with Gasteiger partial charge in [0.2, 0.25) is 0 Å². The van der Waals surface area contributed by atoms with Gasteiger partial charge in [0.1, 0.15) is 0 Å². The first-order valence-corrected chi connectivity index (χ1v) is 6.10. The van der Waals surface area contributed by atoms with Crippen LogP contribution in [0.1, 0.15) is 6.42 Å². The van der Waals surface area contributed by atoms with E-state index in [0.717, 1.165) is 6.42 Å². The summed E-state index contributed by atoms with van der Waals surface area (Å²) in [5.74, 6) is 0. The van der Waals surface area contributed by atoms with Gasteiger partial charge >= 0.3 is 0 Å². The number of ether oxygens (including phenoxy) is 1. The lowest BCUT2D eigenvalue weighted by atomic mass is 10.3. The molecule has 2 heterocycles. The first-order chi connectivity index (χ1) is 7.14. The van der Waals surface area contributed by atoms with Crippen LogP contribution in [0.25, 0.3) is 0 Å². The monoisotopic (exact) mass is 231 g/mol. The Kier molecular flexibility index (Phi) is 2.76. The van der Waals surface area contributed by atoms with Gasteiger partial charge in [0, 0.05) is 20.2 Å². The van der Waals surface area contributed by atoms with Gasteiger partial charge in [-0.05, 0) is 6.42 Å². The van der Waals surface area contributed by atoms with Gasteiger partial charge in [0.15, 0.2) is 5.03 Å². The van der Waals surface area contributed by atoms with Crippen molar-refractivity contribution in [1.82, 2.24) is 14.3 Å². The summed E-state index contributed by atoms with van der Waals surface area (Å²) >= 11 is 0. The maximum absolute atomic E-state index is 12.0. The second kappa shape index (κ2) is 3.92. The van der Waals surface area contributed by atoms with E-state index in [9.17, 15) is 8.42 Å². The SMILES string of the molecule is COC1CCN(S(=O)(=O)c2cnc[nH]2)C1. The second-order valence-corrected chi connectivity index (χ2v) is 5.33. The average molecular weight is 231 g/mol. The second-order valence-electron chi connectivity index (χ2n) is 3.43. The fourth-order valence-corrected chi connectivity index (χ4v) is 3.01. The van der Waals surface area contributed by atoms with Crippen LogP contribution in [-0.2, 0) is 14.8 Å². The molecule has 1 N–H and O–H groups in total. The number of imidazole rings is 1. The molecule has 1 aliphatic heterocycles. The molecule has 84 valence electrons. The number of aromatic nitrogens is 2. The topological polar surface area (TPSA) is 75.3 Å². The molecule has 1 atom stereocenters. The van der Waals surface area contributed by atoms with Gasteiger partial charge < -0.3 is 9.72 Å². The number of sulfonamides is 1. The van der Waals surface area contributed by atoms with E-state index in [-0.39, 0.29) is 11.1 Å². The van der Waals surface area contributed by atoms with Crippen LogP contribution in [0.2, 0.25) is 0 Å². The number of hydrogen-bond donors (Lipinski definition) is 1. The number of nitrogens with one attached hydrogen (secondary N) is 1. The average Bonchev–Trinajstić information content (AvgIpc) is 2.89. The molecule has 1 fully saturated rings. The smallest absolute Gasteiger partial charge is 0.260 e. The molecule has 1 aliphatic rings. The normalized spacial score (nSPS) is 23.4. The first-order valence-electron chi connectivity index (χ1n) is 4.66. The van der Waals surface area contributed by atoms with E-state index in [2.05, 4.69) is 9.97 Å². The van der Waals surface area contributed by atoms with Gasteiger partial charge in [-0.25, -0.2) is 13.4 Å². The van der Waals surface area contributed by atoms with Crippen molar-refractivity contribution in [3.05, 3.63) is 12.5 Å². The quantitative estimate of drug-likeness (QED) is 0.783. The third-order valence-electron chi connectivity index (χ3n) is 2.53. The van der Waals surface area contributed by atoms with Gasteiger partial charge in [-0.2, -0.15) is 4.31 Å². The minimum atomic E-state index is -3.40. The predicted octanol–water partition coefficient (Wildman–Crippen LogP) is -0.181. The van der Waals surface area contributed by atoms with Crippen molar-refractivity contribution < 1.29 is 13.2 Å². The summed E-state index contributed by atoms with van der Waals surface area (Å²) in [5.41, 5.74) is 0. The Balaban J connectivity index is 2.18. The van der Waals surface area contributed by atoms with Gasteiger partial charge in [-0.1, -0.05) is 0 Å². The molecular weight excluding hydrogens is 218 g/mol. The van der Waals surface area contributed by atoms with Crippen molar-refractivity contribution >= 4 is 10.0 Å². The van der Waals surface area contributed by atoms with E-state index in [1.807, 2.05) is 0 Å². The molecule has 2 rings (SSSR count). The van der Waals surface area contributed by atoms with E-state index in [1.54, 1.807) is 7.11 Å². The number of rotatable bonds is 3. The van der Waals surface area contributed by atoms with Crippen LogP contribution in [0.15, 0.2) is 17.6 Å². The Hall–Kier alpha value is -0.920. The molecule has 1 aromatic rings. The van der Waals surface area contributed by atoms with Crippen molar-refractivity contribution in [3.8, 4) is 0 Å². The molecule has 1 aromatic heterocycles. The van der Waals surface area contributed by atoms with Crippen LogP contribution in [0.5, 0.6) is 0 Å². The highest BCUT2D eigenvalue weighted by molar-refractivity contribution is 7.89. The third-order valence-corrected chi connectivity index (χ3v) is 4.32. The minimum absolute atomic E-state index is 0.00250. The van der Waals surface area contributed by atoms with Gasteiger partial charge in [0.05, 0.1) is 18.6 Å². The maximum atomic E-state index is 12.0. The molecule has 0 aliphatic carbocycles. The summed E-state index contributed by atoms with van der Waals surface area (Å²) in [7, 11) is -1.81. The van der Waals surface area contributed by atoms with Crippen LogP contribution in [-0.4, -0.2) is 49.0 Å². The van der Waals surface area contributed by atoms with E-state index >= 15 is 0 Å². The van der Waals surface area contributed by atoms with Crippen molar-refractivity contribution in [2.24, 2.45) is 0 Å². The summed E-state index contributed by atoms with van der Waals surface area (Å²) < 4.78 is 30.4. The highest BCUT2D eigenvalue weighted by Crippen LogP contribution is 2.20. The molecule has 1 unspecified atom stereocenters. The molecule has 1 saturated heterocycles. The van der Waals surface area contributed by atoms with E-state index in [0.29, 0.717) is 13.1 Å². The van der Waals surface area contributed by atoms with E-state index in [1.165, 1.54) is 16.8 Å². The Bertz CT molecular complexity index is 414. The van der Waals surface area contributed by atoms with Crippen LogP contribution in [0.3, 0.4) is 0 Å². The summed E-state index contributed by atoms with van der Waals surface area (Å²) in [4.78, 5) is 6.31. The summed E-state index contributed by atoms with van der Waals surface area (Å²) in [6.45, 7) is 0.914. The van der Waals surface area contributed by atoms with Crippen molar-refractivity contribution in [2.75, 3.05) is 20.2 Å². The standard InChI is InChI=1S/C8H13N3O3S/c1-14-7-2-3-11(5-7)15(12,13)8-4-9-6-10-8/h4,6-7H,2-3,5H2,1H3,(H,9,10). The maximum Gasteiger partial charge on any atom is 0.260 e. The molecule has 0 aromatic carbocycles. The Morgan fingerprint density at radius 1 is 1.67 bits per heavy atom. The number of nitrogens with zero attached hydrogens (tertiary/aromatic N) is 2. The zero-order valence-corrected chi connectivity index (χ0v) is 9.20. The molecule has 7 heteroatoms. The van der Waals surface area contributed by atoms with Crippen LogP contribution in [0, 0.1) is 0 Å². The lowest BCUT2D eigenvalue weighted by Gasteiger charge is -2.14. The molecule has 0 amide bonds. The van der Waals surface area contributed by atoms with E-state index in [4.69, 9.17) is 4.74 Å². The molecule has 15 heavy (non-hydrogen) atoms. The third kappa shape index (κ3) is 1.90. The highest BCUT2D eigenvalue weighted by atomic mass is 32.2. The van der Waals surface area contributed by atoms with Crippen LogP contribution < -0.4 is 0 Å². The zero-order chi connectivity index (χ0) is 10.9. The first kappa shape index (κ1) is 10.6. The molecule has 0 bridgehead atoms. The van der Waals surface area contributed by atoms with Gasteiger partial charge in [-0.3, -0.25) is 0 Å². The van der Waals surface area contributed by atoms with Crippen LogP contribution in [0.4, 0.5) is 0 Å². The molecule has 0 radical (unpaired) electrons. The number of methoxy groups -OCH3 is 1. The summed E-state index contributed by atoms with van der Waals surface area (Å²) in [6, 6.07) is 0. The molecule has 0 saturated carbocycles. The van der Waals surface area contributed by atoms with Gasteiger partial charge in [-0.15, -0.1) is 0 Å². The lowest BCUT2D eigenvalue weighted by molar-refractivity contribution is 0.115. The van der Waals surface area contributed by atoms with Crippen molar-refractivity contribution in [1.29, 1.82) is 0 Å². The van der Waals surface area contributed by atoms with Gasteiger partial charge in [0.25, 0.3) is 10.0 Å². The molecular formula is C8H13N3O3S. The van der Waals surface area contributed by atoms with Crippen molar-refractivity contribution in [3.63, 3.8) is 0 Å². The van der Waals surface area contributed by atoms with E-state index < -0.39 is 10.0 Å². The Morgan fingerprint density at radius 2 is 2.47 bits per heavy atom. The number of H-pyrrole nitrogens is 1. The Morgan fingerprint density at radius 3 is 3.00 bits per heavy atom. The summed E-state index contributed by atoms with van der Waals surface area (Å²) in [5, 5.41) is 0.138. The fourth-order valence-electron chi connectivity index (χ4n) is 1.63.